The molecule has 18 heavy (non-hydrogen) atoms. The van der Waals surface area contributed by atoms with Gasteiger partial charge in [-0.1, -0.05) is 37.6 Å². The predicted octanol–water partition coefficient (Wildman–Crippen LogP) is 2.92. The fourth-order valence-corrected chi connectivity index (χ4v) is 2.93. The molecule has 0 amide bonds. The number of aliphatic carboxylic acids is 1. The van der Waals surface area contributed by atoms with Gasteiger partial charge in [0, 0.05) is 22.3 Å². The van der Waals surface area contributed by atoms with E-state index in [1.807, 2.05) is 24.3 Å². The number of unbranched alkanes of at least 4 members (excludes halogenated alkanes) is 1. The van der Waals surface area contributed by atoms with Crippen molar-refractivity contribution in [3.8, 4) is 0 Å². The lowest BCUT2D eigenvalue weighted by Gasteiger charge is -2.07. The van der Waals surface area contributed by atoms with E-state index in [2.05, 4.69) is 6.92 Å². The minimum Gasteiger partial charge on any atom is -0.481 e. The Morgan fingerprint density at radius 3 is 2.44 bits per heavy atom. The summed E-state index contributed by atoms with van der Waals surface area (Å²) in [4.78, 5) is 10.8. The van der Waals surface area contributed by atoms with Gasteiger partial charge in [-0.3, -0.25) is 9.00 Å². The summed E-state index contributed by atoms with van der Waals surface area (Å²) in [7, 11) is -0.813. The van der Waals surface area contributed by atoms with Crippen molar-refractivity contribution in [2.24, 2.45) is 0 Å². The van der Waals surface area contributed by atoms with Crippen LogP contribution in [0.5, 0.6) is 0 Å². The Balaban J connectivity index is 2.60. The van der Waals surface area contributed by atoms with Crippen molar-refractivity contribution < 1.29 is 14.1 Å². The molecule has 1 aromatic carbocycles. The predicted molar refractivity (Wildman–Crippen MR) is 74.1 cm³/mol. The van der Waals surface area contributed by atoms with Gasteiger partial charge in [-0.2, -0.15) is 0 Å². The van der Waals surface area contributed by atoms with Crippen LogP contribution in [0.25, 0.3) is 0 Å². The summed E-state index contributed by atoms with van der Waals surface area (Å²) < 4.78 is 11.7. The molecule has 1 aromatic rings. The Kier molecular flexibility index (Phi) is 6.05. The number of carbonyl (C=O) groups is 1. The van der Waals surface area contributed by atoms with Gasteiger partial charge in [-0.05, 0) is 24.5 Å². The minimum atomic E-state index is -0.825. The van der Waals surface area contributed by atoms with Crippen molar-refractivity contribution in [3.05, 3.63) is 35.4 Å². The van der Waals surface area contributed by atoms with E-state index in [9.17, 15) is 9.00 Å². The fourth-order valence-electron chi connectivity index (χ4n) is 1.61. The lowest BCUT2D eigenvalue weighted by molar-refractivity contribution is -0.138. The second kappa shape index (κ2) is 7.31. The standard InChI is InChI=1S/C14H20O3S/c1-3-4-9-18(17)10-12-5-7-13(8-6-12)11(2)14(15)16/h5-8,11H,3-4,9-10H2,1-2H3,(H,15,16). The van der Waals surface area contributed by atoms with E-state index in [1.165, 1.54) is 0 Å². The Bertz CT molecular complexity index is 412. The quantitative estimate of drug-likeness (QED) is 0.827. The number of carboxylic acids is 1. The van der Waals surface area contributed by atoms with Gasteiger partial charge in [0.25, 0.3) is 0 Å². The van der Waals surface area contributed by atoms with E-state index in [4.69, 9.17) is 5.11 Å². The number of benzene rings is 1. The summed E-state index contributed by atoms with van der Waals surface area (Å²) in [6.07, 6.45) is 2.04. The molecule has 0 fully saturated rings. The van der Waals surface area contributed by atoms with Crippen LogP contribution in [-0.2, 0) is 21.3 Å². The molecule has 2 atom stereocenters. The summed E-state index contributed by atoms with van der Waals surface area (Å²) in [5.74, 6) is -0.0233. The lowest BCUT2D eigenvalue weighted by Crippen LogP contribution is -2.07. The number of carboxylic acid groups (broad SMARTS) is 1. The van der Waals surface area contributed by atoms with E-state index in [1.54, 1.807) is 6.92 Å². The molecule has 0 saturated carbocycles. The third-order valence-corrected chi connectivity index (χ3v) is 4.30. The van der Waals surface area contributed by atoms with Crippen LogP contribution < -0.4 is 0 Å². The van der Waals surface area contributed by atoms with Crippen LogP contribution in [0.3, 0.4) is 0 Å². The molecule has 0 bridgehead atoms. The van der Waals surface area contributed by atoms with Crippen LogP contribution >= 0.6 is 0 Å². The Morgan fingerprint density at radius 2 is 1.94 bits per heavy atom. The monoisotopic (exact) mass is 268 g/mol. The molecule has 0 saturated heterocycles. The first kappa shape index (κ1) is 14.9. The first-order valence-electron chi connectivity index (χ1n) is 6.21. The maximum atomic E-state index is 11.7. The van der Waals surface area contributed by atoms with Gasteiger partial charge in [0.15, 0.2) is 0 Å². The smallest absolute Gasteiger partial charge is 0.310 e. The number of hydrogen-bond donors (Lipinski definition) is 1. The average Bonchev–Trinajstić information content (AvgIpc) is 2.36. The van der Waals surface area contributed by atoms with Crippen LogP contribution in [0.15, 0.2) is 24.3 Å². The van der Waals surface area contributed by atoms with Crippen molar-refractivity contribution >= 4 is 16.8 Å². The highest BCUT2D eigenvalue weighted by atomic mass is 32.2. The van der Waals surface area contributed by atoms with Gasteiger partial charge in [0.1, 0.15) is 0 Å². The highest BCUT2D eigenvalue weighted by Gasteiger charge is 2.13. The van der Waals surface area contributed by atoms with Gasteiger partial charge < -0.3 is 5.11 Å². The summed E-state index contributed by atoms with van der Waals surface area (Å²) >= 11 is 0. The van der Waals surface area contributed by atoms with Crippen molar-refractivity contribution in [1.82, 2.24) is 0 Å². The molecule has 3 nitrogen and oxygen atoms in total. The zero-order chi connectivity index (χ0) is 13.5. The number of hydrogen-bond acceptors (Lipinski definition) is 2. The maximum Gasteiger partial charge on any atom is 0.310 e. The Hall–Kier alpha value is -1.16. The van der Waals surface area contributed by atoms with E-state index in [0.717, 1.165) is 29.7 Å². The van der Waals surface area contributed by atoms with Crippen molar-refractivity contribution in [3.63, 3.8) is 0 Å². The molecule has 1 N–H and O–H groups in total. The fraction of sp³-hybridized carbons (Fsp3) is 0.500. The third-order valence-electron chi connectivity index (χ3n) is 2.90. The maximum absolute atomic E-state index is 11.7. The zero-order valence-electron chi connectivity index (χ0n) is 10.9. The summed E-state index contributed by atoms with van der Waals surface area (Å²) in [5, 5.41) is 8.90. The topological polar surface area (TPSA) is 54.4 Å². The van der Waals surface area contributed by atoms with E-state index >= 15 is 0 Å². The second-order valence-electron chi connectivity index (χ2n) is 4.44. The molecule has 4 heteroatoms. The number of rotatable bonds is 7. The van der Waals surface area contributed by atoms with E-state index < -0.39 is 22.7 Å². The molecule has 0 aliphatic rings. The Morgan fingerprint density at radius 1 is 1.33 bits per heavy atom. The van der Waals surface area contributed by atoms with Crippen LogP contribution in [0, 0.1) is 0 Å². The van der Waals surface area contributed by atoms with Crippen molar-refractivity contribution in [2.75, 3.05) is 5.75 Å². The molecular weight excluding hydrogens is 248 g/mol. The SMILES string of the molecule is CCCCS(=O)Cc1ccc(C(C)C(=O)O)cc1. The summed E-state index contributed by atoms with van der Waals surface area (Å²) in [6, 6.07) is 7.37. The normalized spacial score (nSPS) is 14.1. The molecule has 2 unspecified atom stereocenters. The third kappa shape index (κ3) is 4.61. The summed E-state index contributed by atoms with van der Waals surface area (Å²) in [6.45, 7) is 3.75. The van der Waals surface area contributed by atoms with Gasteiger partial charge in [-0.15, -0.1) is 0 Å². The highest BCUT2D eigenvalue weighted by molar-refractivity contribution is 7.84. The Labute approximate surface area is 111 Å². The molecule has 0 heterocycles. The van der Waals surface area contributed by atoms with Gasteiger partial charge in [0.05, 0.1) is 5.92 Å². The summed E-state index contributed by atoms with van der Waals surface area (Å²) in [5.41, 5.74) is 1.79. The van der Waals surface area contributed by atoms with Gasteiger partial charge in [0.2, 0.25) is 0 Å². The van der Waals surface area contributed by atoms with Gasteiger partial charge in [-0.25, -0.2) is 0 Å². The molecule has 1 rings (SSSR count). The lowest BCUT2D eigenvalue weighted by atomic mass is 10.0. The minimum absolute atomic E-state index is 0.496. The molecule has 0 aliphatic carbocycles. The molecule has 0 spiro atoms. The molecule has 0 aliphatic heterocycles. The van der Waals surface area contributed by atoms with Crippen LogP contribution in [0.2, 0.25) is 0 Å². The van der Waals surface area contributed by atoms with Crippen LogP contribution in [0.1, 0.15) is 43.7 Å². The molecule has 0 radical (unpaired) electrons. The van der Waals surface area contributed by atoms with Crippen molar-refractivity contribution in [1.29, 1.82) is 0 Å². The van der Waals surface area contributed by atoms with Gasteiger partial charge >= 0.3 is 5.97 Å². The average molecular weight is 268 g/mol. The van der Waals surface area contributed by atoms with E-state index in [0.29, 0.717) is 5.75 Å². The second-order valence-corrected chi connectivity index (χ2v) is 6.02. The first-order valence-corrected chi connectivity index (χ1v) is 7.70. The highest BCUT2D eigenvalue weighted by Crippen LogP contribution is 2.16. The molecule has 100 valence electrons. The van der Waals surface area contributed by atoms with Crippen LogP contribution in [-0.4, -0.2) is 21.0 Å². The molecule has 0 aromatic heterocycles. The zero-order valence-corrected chi connectivity index (χ0v) is 11.7. The van der Waals surface area contributed by atoms with Crippen LogP contribution in [0.4, 0.5) is 0 Å². The van der Waals surface area contributed by atoms with E-state index in [-0.39, 0.29) is 0 Å². The van der Waals surface area contributed by atoms with Crippen molar-refractivity contribution in [2.45, 2.75) is 38.4 Å². The molecular formula is C14H20O3S. The first-order chi connectivity index (χ1) is 8.54. The largest absolute Gasteiger partial charge is 0.481 e.